The van der Waals surface area contributed by atoms with E-state index >= 15 is 0 Å². The van der Waals surface area contributed by atoms with Crippen LogP contribution in [0.1, 0.15) is 38.3 Å². The van der Waals surface area contributed by atoms with Crippen molar-refractivity contribution in [3.63, 3.8) is 0 Å². The van der Waals surface area contributed by atoms with Crippen molar-refractivity contribution in [2.24, 2.45) is 0 Å². The van der Waals surface area contributed by atoms with Gasteiger partial charge in [0.05, 0.1) is 23.9 Å². The Morgan fingerprint density at radius 2 is 2.12 bits per heavy atom. The van der Waals surface area contributed by atoms with Gasteiger partial charge in [-0.2, -0.15) is 0 Å². The number of halogens is 1. The zero-order chi connectivity index (χ0) is 18.2. The van der Waals surface area contributed by atoms with Crippen molar-refractivity contribution in [3.8, 4) is 22.1 Å². The summed E-state index contributed by atoms with van der Waals surface area (Å²) in [7, 11) is 1.60. The van der Waals surface area contributed by atoms with E-state index in [4.69, 9.17) is 9.47 Å². The number of ether oxygens (including phenoxy) is 2. The van der Waals surface area contributed by atoms with Gasteiger partial charge in [-0.15, -0.1) is 11.3 Å². The van der Waals surface area contributed by atoms with Gasteiger partial charge in [-0.1, -0.05) is 26.2 Å². The zero-order valence-electron chi connectivity index (χ0n) is 14.3. The number of unbranched alkanes of at least 4 members (excludes halogenated alkanes) is 3. The van der Waals surface area contributed by atoms with Gasteiger partial charge in [-0.25, -0.2) is 4.98 Å². The molecule has 136 valence electrons. The molecule has 0 bridgehead atoms. The fraction of sp³-hybridized carbons (Fsp3) is 0.444. The number of hydrogen-bond donors (Lipinski definition) is 0. The van der Waals surface area contributed by atoms with E-state index in [1.54, 1.807) is 12.5 Å². The van der Waals surface area contributed by atoms with Crippen LogP contribution < -0.4 is 14.6 Å². The average molecular weight is 427 g/mol. The molecule has 25 heavy (non-hydrogen) atoms. The van der Waals surface area contributed by atoms with Gasteiger partial charge in [0.15, 0.2) is 11.5 Å². The van der Waals surface area contributed by atoms with Gasteiger partial charge in [0, 0.05) is 23.3 Å². The third-order valence-corrected chi connectivity index (χ3v) is 5.13. The molecule has 0 aliphatic rings. The molecule has 0 spiro atoms. The molecule has 1 aromatic heterocycles. The molecular weight excluding hydrogens is 406 g/mol. The van der Waals surface area contributed by atoms with E-state index in [9.17, 15) is 9.90 Å². The summed E-state index contributed by atoms with van der Waals surface area (Å²) in [5.41, 5.74) is 1.34. The fourth-order valence-corrected chi connectivity index (χ4v) is 3.72. The van der Waals surface area contributed by atoms with Crippen molar-refractivity contribution in [2.45, 2.75) is 39.0 Å². The predicted molar refractivity (Wildman–Crippen MR) is 100 cm³/mol. The Balaban J connectivity index is 2.15. The van der Waals surface area contributed by atoms with Crippen molar-refractivity contribution in [1.82, 2.24) is 4.98 Å². The van der Waals surface area contributed by atoms with Gasteiger partial charge in [0.1, 0.15) is 5.01 Å². The van der Waals surface area contributed by atoms with Crippen molar-refractivity contribution in [3.05, 3.63) is 27.7 Å². The molecule has 0 aliphatic heterocycles. The number of carbonyl (C=O) groups is 1. The number of carboxylic acid groups (broad SMARTS) is 1. The van der Waals surface area contributed by atoms with Gasteiger partial charge in [0.25, 0.3) is 0 Å². The number of rotatable bonds is 10. The normalized spacial score (nSPS) is 10.7. The van der Waals surface area contributed by atoms with E-state index in [0.29, 0.717) is 23.8 Å². The molecule has 7 heteroatoms. The van der Waals surface area contributed by atoms with E-state index in [1.165, 1.54) is 24.2 Å². The molecule has 0 atom stereocenters. The Bertz CT molecular complexity index is 717. The van der Waals surface area contributed by atoms with E-state index < -0.39 is 5.97 Å². The summed E-state index contributed by atoms with van der Waals surface area (Å²) in [6.07, 6.45) is 4.36. The molecule has 0 N–H and O–H groups in total. The molecule has 1 heterocycles. The molecule has 2 aromatic rings. The fourth-order valence-electron chi connectivity index (χ4n) is 2.36. The van der Waals surface area contributed by atoms with Crippen molar-refractivity contribution in [1.29, 1.82) is 0 Å². The van der Waals surface area contributed by atoms with E-state index in [0.717, 1.165) is 27.9 Å². The van der Waals surface area contributed by atoms with Crippen LogP contribution >= 0.6 is 27.3 Å². The Morgan fingerprint density at radius 3 is 2.80 bits per heavy atom. The number of thiazole rings is 1. The quantitative estimate of drug-likeness (QED) is 0.539. The second-order valence-electron chi connectivity index (χ2n) is 5.59. The molecule has 0 aliphatic carbocycles. The second-order valence-corrected chi connectivity index (χ2v) is 7.30. The Labute approximate surface area is 160 Å². The maximum absolute atomic E-state index is 10.7. The highest BCUT2D eigenvalue weighted by Crippen LogP contribution is 2.40. The van der Waals surface area contributed by atoms with Crippen LogP contribution in [0.5, 0.6) is 11.5 Å². The number of methoxy groups -OCH3 is 1. The molecule has 2 rings (SSSR count). The number of nitrogens with zero attached hydrogens (tertiary/aromatic N) is 1. The zero-order valence-corrected chi connectivity index (χ0v) is 16.7. The Hall–Kier alpha value is -1.60. The highest BCUT2D eigenvalue weighted by atomic mass is 79.9. The highest BCUT2D eigenvalue weighted by Gasteiger charge is 2.14. The first-order chi connectivity index (χ1) is 12.0. The third-order valence-electron chi connectivity index (χ3n) is 3.60. The SMILES string of the molecule is CCCCCCOc1c(Br)cc(-c2nc(CC(=O)[O-])cs2)cc1OC. The first kappa shape index (κ1) is 19.7. The summed E-state index contributed by atoms with van der Waals surface area (Å²) in [6, 6.07) is 3.76. The van der Waals surface area contributed by atoms with Gasteiger partial charge in [0.2, 0.25) is 0 Å². The molecule has 0 saturated carbocycles. The van der Waals surface area contributed by atoms with Crippen LogP contribution in [-0.4, -0.2) is 24.7 Å². The maximum Gasteiger partial charge on any atom is 0.175 e. The summed E-state index contributed by atoms with van der Waals surface area (Å²) in [4.78, 5) is 15.0. The van der Waals surface area contributed by atoms with Crippen LogP contribution in [0.15, 0.2) is 22.0 Å². The Morgan fingerprint density at radius 1 is 1.32 bits per heavy atom. The van der Waals surface area contributed by atoms with Crippen molar-refractivity contribution < 1.29 is 19.4 Å². The van der Waals surface area contributed by atoms with Gasteiger partial charge in [-0.3, -0.25) is 0 Å². The van der Waals surface area contributed by atoms with Crippen LogP contribution in [0.4, 0.5) is 0 Å². The van der Waals surface area contributed by atoms with Crippen molar-refractivity contribution >= 4 is 33.2 Å². The van der Waals surface area contributed by atoms with Crippen LogP contribution in [-0.2, 0) is 11.2 Å². The smallest absolute Gasteiger partial charge is 0.175 e. The molecule has 0 saturated heterocycles. The lowest BCUT2D eigenvalue weighted by atomic mass is 10.2. The van der Waals surface area contributed by atoms with Crippen LogP contribution in [0.2, 0.25) is 0 Å². The summed E-state index contributed by atoms with van der Waals surface area (Å²) in [5, 5.41) is 13.1. The lowest BCUT2D eigenvalue weighted by Crippen LogP contribution is -2.24. The van der Waals surface area contributed by atoms with E-state index in [-0.39, 0.29) is 6.42 Å². The number of carbonyl (C=O) groups excluding carboxylic acids is 1. The number of carboxylic acids is 1. The van der Waals surface area contributed by atoms with Crippen LogP contribution in [0.25, 0.3) is 10.6 Å². The minimum atomic E-state index is -1.14. The molecule has 5 nitrogen and oxygen atoms in total. The molecule has 0 radical (unpaired) electrons. The lowest BCUT2D eigenvalue weighted by molar-refractivity contribution is -0.304. The maximum atomic E-state index is 10.7. The summed E-state index contributed by atoms with van der Waals surface area (Å²) < 4.78 is 12.1. The predicted octanol–water partition coefficient (Wildman–Crippen LogP) is 3.83. The monoisotopic (exact) mass is 426 g/mol. The van der Waals surface area contributed by atoms with Gasteiger partial charge >= 0.3 is 0 Å². The van der Waals surface area contributed by atoms with Crippen LogP contribution in [0, 0.1) is 0 Å². The van der Waals surface area contributed by atoms with Crippen LogP contribution in [0.3, 0.4) is 0 Å². The summed E-state index contributed by atoms with van der Waals surface area (Å²) in [6.45, 7) is 2.82. The topological polar surface area (TPSA) is 71.5 Å². The summed E-state index contributed by atoms with van der Waals surface area (Å²) >= 11 is 4.92. The van der Waals surface area contributed by atoms with Gasteiger partial charge < -0.3 is 19.4 Å². The molecule has 1 aromatic carbocycles. The lowest BCUT2D eigenvalue weighted by Gasteiger charge is -2.14. The number of benzene rings is 1. The largest absolute Gasteiger partial charge is 0.550 e. The number of hydrogen-bond acceptors (Lipinski definition) is 6. The molecular formula is C18H21BrNO4S-. The standard InChI is InChI=1S/C18H22BrNO4S/c1-3-4-5-6-7-24-17-14(19)8-12(9-15(17)23-2)18-20-13(11-25-18)10-16(21)22/h8-9,11H,3-7,10H2,1-2H3,(H,21,22)/p-1. The Kier molecular flexibility index (Phi) is 7.71. The minimum absolute atomic E-state index is 0.187. The van der Waals surface area contributed by atoms with E-state index in [1.807, 2.05) is 12.1 Å². The molecule has 0 unspecified atom stereocenters. The molecule has 0 fully saturated rings. The van der Waals surface area contributed by atoms with Gasteiger partial charge in [-0.05, 0) is 34.5 Å². The first-order valence-corrected chi connectivity index (χ1v) is 9.87. The first-order valence-electron chi connectivity index (χ1n) is 8.20. The highest BCUT2D eigenvalue weighted by molar-refractivity contribution is 9.10. The van der Waals surface area contributed by atoms with Crippen molar-refractivity contribution in [2.75, 3.05) is 13.7 Å². The average Bonchev–Trinajstić information content (AvgIpc) is 3.03. The summed E-state index contributed by atoms with van der Waals surface area (Å²) in [5.74, 6) is 0.160. The third kappa shape index (κ3) is 5.71. The minimum Gasteiger partial charge on any atom is -0.550 e. The van der Waals surface area contributed by atoms with E-state index in [2.05, 4.69) is 27.8 Å². The second kappa shape index (κ2) is 9.77. The molecule has 0 amide bonds. The number of aromatic nitrogens is 1. The number of aliphatic carboxylic acids is 1.